The number of ketones is 1. The molecule has 5 nitrogen and oxygen atoms in total. The van der Waals surface area contributed by atoms with Gasteiger partial charge in [-0.1, -0.05) is 54.6 Å². The van der Waals surface area contributed by atoms with E-state index in [4.69, 9.17) is 4.42 Å². The summed E-state index contributed by atoms with van der Waals surface area (Å²) < 4.78 is 5.06. The molecule has 0 amide bonds. The van der Waals surface area contributed by atoms with E-state index in [1.807, 2.05) is 42.5 Å². The minimum Gasteiger partial charge on any atom is -0.406 e. The number of rotatable bonds is 6. The third-order valence-corrected chi connectivity index (χ3v) is 3.74. The van der Waals surface area contributed by atoms with Crippen molar-refractivity contribution >= 4 is 11.7 Å². The van der Waals surface area contributed by atoms with Crippen molar-refractivity contribution in [2.75, 3.05) is 0 Å². The molecule has 1 heterocycles. The predicted octanol–water partition coefficient (Wildman–Crippen LogP) is 4.67. The van der Waals surface area contributed by atoms with Crippen LogP contribution in [0.3, 0.4) is 0 Å². The molecule has 0 aliphatic carbocycles. The summed E-state index contributed by atoms with van der Waals surface area (Å²) >= 11 is 0. The molecule has 24 heavy (non-hydrogen) atoms. The maximum atomic E-state index is 12.2. The van der Waals surface area contributed by atoms with Crippen LogP contribution in [0.4, 0.5) is 5.88 Å². The molecule has 0 saturated carbocycles. The molecule has 0 radical (unpaired) electrons. The van der Waals surface area contributed by atoms with Gasteiger partial charge in [0.05, 0.1) is 6.07 Å². The van der Waals surface area contributed by atoms with E-state index in [0.717, 1.165) is 11.1 Å². The number of nitrogens with zero attached hydrogens (tertiary/aromatic N) is 1. The molecule has 0 aliphatic heterocycles. The number of carbonyl (C=O) groups is 1. The first-order valence-corrected chi connectivity index (χ1v) is 7.55. The molecule has 0 spiro atoms. The average Bonchev–Trinajstić information content (AvgIpc) is 3.10. The first-order chi connectivity index (χ1) is 11.6. The maximum absolute atomic E-state index is 12.2. The fourth-order valence-electron chi connectivity index (χ4n) is 2.46. The number of furan rings is 1. The van der Waals surface area contributed by atoms with Gasteiger partial charge in [-0.15, -0.1) is 0 Å². The van der Waals surface area contributed by atoms with Gasteiger partial charge in [-0.2, -0.15) is 0 Å². The number of nitro groups is 1. The van der Waals surface area contributed by atoms with Crippen LogP contribution >= 0.6 is 0 Å². The van der Waals surface area contributed by atoms with Gasteiger partial charge in [-0.05, 0) is 17.2 Å². The van der Waals surface area contributed by atoms with E-state index in [-0.39, 0.29) is 18.1 Å². The van der Waals surface area contributed by atoms with Crippen molar-refractivity contribution < 1.29 is 14.1 Å². The molecule has 0 saturated heterocycles. The highest BCUT2D eigenvalue weighted by Crippen LogP contribution is 2.21. The molecular weight excluding hydrogens is 306 g/mol. The highest BCUT2D eigenvalue weighted by molar-refractivity contribution is 5.96. The molecule has 120 valence electrons. The molecule has 0 N–H and O–H groups in total. The Bertz CT molecular complexity index is 851. The van der Waals surface area contributed by atoms with Crippen LogP contribution in [0.5, 0.6) is 0 Å². The molecule has 2 aromatic carbocycles. The Morgan fingerprint density at radius 3 is 2.21 bits per heavy atom. The van der Waals surface area contributed by atoms with Gasteiger partial charge in [-0.25, -0.2) is 0 Å². The second-order valence-corrected chi connectivity index (χ2v) is 5.36. The quantitative estimate of drug-likeness (QED) is 0.375. The van der Waals surface area contributed by atoms with Gasteiger partial charge < -0.3 is 4.42 Å². The summed E-state index contributed by atoms with van der Waals surface area (Å²) in [6.45, 7) is 0. The zero-order chi connectivity index (χ0) is 16.9. The van der Waals surface area contributed by atoms with Gasteiger partial charge in [0.15, 0.2) is 5.78 Å². The minimum atomic E-state index is -0.590. The number of hydrogen-bond donors (Lipinski definition) is 0. The first kappa shape index (κ1) is 15.7. The number of carbonyl (C=O) groups excluding carboxylic acids is 1. The number of benzene rings is 2. The van der Waals surface area contributed by atoms with Crippen LogP contribution in [0.25, 0.3) is 11.1 Å². The summed E-state index contributed by atoms with van der Waals surface area (Å²) in [6.07, 6.45) is 0.586. The normalized spacial score (nSPS) is 10.5. The summed E-state index contributed by atoms with van der Waals surface area (Å²) in [5.74, 6) is 0.120. The highest BCUT2D eigenvalue weighted by Gasteiger charge is 2.13. The lowest BCUT2D eigenvalue weighted by Crippen LogP contribution is -2.00. The topological polar surface area (TPSA) is 73.3 Å². The minimum absolute atomic E-state index is 0.0198. The van der Waals surface area contributed by atoms with Crippen LogP contribution in [0, 0.1) is 10.1 Å². The zero-order valence-electron chi connectivity index (χ0n) is 12.8. The Morgan fingerprint density at radius 2 is 1.58 bits per heavy atom. The predicted molar refractivity (Wildman–Crippen MR) is 89.9 cm³/mol. The summed E-state index contributed by atoms with van der Waals surface area (Å²) in [7, 11) is 0. The Labute approximate surface area is 138 Å². The summed E-state index contributed by atoms with van der Waals surface area (Å²) in [5, 5.41) is 10.6. The zero-order valence-corrected chi connectivity index (χ0v) is 12.8. The van der Waals surface area contributed by atoms with Crippen LogP contribution in [0.1, 0.15) is 22.5 Å². The van der Waals surface area contributed by atoms with E-state index in [1.165, 1.54) is 12.1 Å². The van der Waals surface area contributed by atoms with E-state index >= 15 is 0 Å². The van der Waals surface area contributed by atoms with Crippen molar-refractivity contribution in [3.63, 3.8) is 0 Å². The van der Waals surface area contributed by atoms with Crippen LogP contribution in [0.15, 0.2) is 71.1 Å². The first-order valence-electron chi connectivity index (χ1n) is 7.55. The molecule has 0 unspecified atom stereocenters. The molecule has 0 fully saturated rings. The van der Waals surface area contributed by atoms with Gasteiger partial charge in [0.2, 0.25) is 0 Å². The molecule has 0 bridgehead atoms. The number of aryl methyl sites for hydroxylation is 1. The van der Waals surface area contributed by atoms with Crippen molar-refractivity contribution in [3.8, 4) is 11.1 Å². The SMILES string of the molecule is O=C(CCc1ccc([N+](=O)[O-])o1)c1ccc(-c2ccccc2)cc1. The van der Waals surface area contributed by atoms with Crippen LogP contribution in [0.2, 0.25) is 0 Å². The Morgan fingerprint density at radius 1 is 0.917 bits per heavy atom. The molecule has 1 aromatic heterocycles. The fraction of sp³-hybridized carbons (Fsp3) is 0.105. The highest BCUT2D eigenvalue weighted by atomic mass is 16.6. The van der Waals surface area contributed by atoms with Crippen molar-refractivity contribution in [1.29, 1.82) is 0 Å². The molecule has 0 atom stereocenters. The molecule has 5 heteroatoms. The standard InChI is InChI=1S/C19H15NO4/c21-18(12-10-17-11-13-19(24-17)20(22)23)16-8-6-15(7-9-16)14-4-2-1-3-5-14/h1-9,11,13H,10,12H2. The number of hydrogen-bond acceptors (Lipinski definition) is 4. The van der Waals surface area contributed by atoms with Crippen molar-refractivity contribution in [2.24, 2.45) is 0 Å². The lowest BCUT2D eigenvalue weighted by molar-refractivity contribution is -0.402. The molecule has 3 rings (SSSR count). The van der Waals surface area contributed by atoms with Crippen molar-refractivity contribution in [2.45, 2.75) is 12.8 Å². The third kappa shape index (κ3) is 3.57. The molecule has 0 aliphatic rings. The smallest absolute Gasteiger partial charge is 0.406 e. The second-order valence-electron chi connectivity index (χ2n) is 5.36. The van der Waals surface area contributed by atoms with E-state index in [2.05, 4.69) is 0 Å². The molecule has 3 aromatic rings. The molecular formula is C19H15NO4. The number of Topliss-reactive ketones (excluding diaryl/α,β-unsaturated/α-hetero) is 1. The third-order valence-electron chi connectivity index (χ3n) is 3.74. The van der Waals surface area contributed by atoms with Crippen LogP contribution in [-0.4, -0.2) is 10.7 Å². The van der Waals surface area contributed by atoms with E-state index in [1.54, 1.807) is 12.1 Å². The largest absolute Gasteiger partial charge is 0.433 e. The van der Waals surface area contributed by atoms with Gasteiger partial charge in [0.25, 0.3) is 0 Å². The van der Waals surface area contributed by atoms with Crippen molar-refractivity contribution in [3.05, 3.63) is 88.2 Å². The van der Waals surface area contributed by atoms with Crippen molar-refractivity contribution in [1.82, 2.24) is 0 Å². The van der Waals surface area contributed by atoms with Gasteiger partial charge in [0, 0.05) is 18.4 Å². The van der Waals surface area contributed by atoms with Crippen LogP contribution in [-0.2, 0) is 6.42 Å². The summed E-state index contributed by atoms with van der Waals surface area (Å²) in [6, 6.07) is 20.2. The maximum Gasteiger partial charge on any atom is 0.433 e. The Kier molecular flexibility index (Phi) is 4.52. The Balaban J connectivity index is 1.63. The van der Waals surface area contributed by atoms with Gasteiger partial charge in [-0.3, -0.25) is 14.9 Å². The Hall–Kier alpha value is -3.21. The monoisotopic (exact) mass is 321 g/mol. The van der Waals surface area contributed by atoms with E-state index in [9.17, 15) is 14.9 Å². The summed E-state index contributed by atoms with van der Waals surface area (Å²) in [4.78, 5) is 22.2. The summed E-state index contributed by atoms with van der Waals surface area (Å²) in [5.41, 5.74) is 2.77. The van der Waals surface area contributed by atoms with E-state index in [0.29, 0.717) is 17.7 Å². The van der Waals surface area contributed by atoms with Gasteiger partial charge >= 0.3 is 5.88 Å². The van der Waals surface area contributed by atoms with Gasteiger partial charge in [0.1, 0.15) is 10.7 Å². The van der Waals surface area contributed by atoms with Crippen LogP contribution < -0.4 is 0 Å². The second kappa shape index (κ2) is 6.91. The van der Waals surface area contributed by atoms with E-state index < -0.39 is 4.92 Å². The lowest BCUT2D eigenvalue weighted by atomic mass is 10.0. The fourth-order valence-corrected chi connectivity index (χ4v) is 2.46. The lowest BCUT2D eigenvalue weighted by Gasteiger charge is -2.04. The average molecular weight is 321 g/mol.